The van der Waals surface area contributed by atoms with E-state index in [0.29, 0.717) is 17.3 Å². The fourth-order valence-corrected chi connectivity index (χ4v) is 5.58. The molecule has 0 saturated heterocycles. The summed E-state index contributed by atoms with van der Waals surface area (Å²) in [5, 5.41) is 4.99. The molecule has 0 aliphatic heterocycles. The van der Waals surface area contributed by atoms with Crippen molar-refractivity contribution < 1.29 is 12.8 Å². The summed E-state index contributed by atoms with van der Waals surface area (Å²) in [7, 11) is -3.60. The van der Waals surface area contributed by atoms with Gasteiger partial charge in [-0.05, 0) is 77.2 Å². The van der Waals surface area contributed by atoms with Gasteiger partial charge in [0.1, 0.15) is 11.5 Å². The average Bonchev–Trinajstić information content (AvgIpc) is 3.44. The van der Waals surface area contributed by atoms with Crippen LogP contribution in [0.4, 0.5) is 10.3 Å². The number of anilines is 1. The van der Waals surface area contributed by atoms with E-state index >= 15 is 0 Å². The number of fused-ring (bicyclic) bond motifs is 1. The number of hydrogen-bond acceptors (Lipinski definition) is 7. The van der Waals surface area contributed by atoms with Crippen molar-refractivity contribution >= 4 is 54.9 Å². The molecule has 0 amide bonds. The molecule has 2 aromatic carbocycles. The summed E-state index contributed by atoms with van der Waals surface area (Å²) in [6.45, 7) is 0.447. The number of nitrogens with zero attached hydrogens (tertiary/aromatic N) is 4. The van der Waals surface area contributed by atoms with Crippen LogP contribution in [0.5, 0.6) is 0 Å². The van der Waals surface area contributed by atoms with Gasteiger partial charge in [-0.1, -0.05) is 0 Å². The highest BCUT2D eigenvalue weighted by atomic mass is 127. The van der Waals surface area contributed by atoms with E-state index in [4.69, 9.17) is 4.98 Å². The normalized spacial score (nSPS) is 11.7. The number of halogens is 2. The van der Waals surface area contributed by atoms with Crippen LogP contribution in [-0.4, -0.2) is 40.9 Å². The minimum Gasteiger partial charge on any atom is -0.353 e. The first-order valence-electron chi connectivity index (χ1n) is 10.4. The van der Waals surface area contributed by atoms with Gasteiger partial charge in [0.25, 0.3) is 0 Å². The van der Waals surface area contributed by atoms with Gasteiger partial charge in [-0.3, -0.25) is 4.40 Å². The van der Waals surface area contributed by atoms with Crippen molar-refractivity contribution in [1.29, 1.82) is 0 Å². The first-order valence-corrected chi connectivity index (χ1v) is 13.9. The minimum atomic E-state index is -3.60. The Morgan fingerprint density at radius 1 is 1.00 bits per heavy atom. The van der Waals surface area contributed by atoms with E-state index in [2.05, 4.69) is 42.6 Å². The van der Waals surface area contributed by atoms with Gasteiger partial charge in [-0.2, -0.15) is 0 Å². The Hall–Kier alpha value is -2.94. The zero-order chi connectivity index (χ0) is 24.4. The van der Waals surface area contributed by atoms with Gasteiger partial charge in [-0.25, -0.2) is 32.5 Å². The fraction of sp³-hybridized carbons (Fsp3) is 0.0870. The number of sulfonamides is 1. The highest BCUT2D eigenvalue weighted by Crippen LogP contribution is 2.33. The fourth-order valence-electron chi connectivity index (χ4n) is 3.47. The molecule has 12 heteroatoms. The number of aromatic nitrogens is 4. The molecule has 0 bridgehead atoms. The maximum Gasteiger partial charge on any atom is 0.240 e. The summed E-state index contributed by atoms with van der Waals surface area (Å²) in [6, 6.07) is 14.6. The van der Waals surface area contributed by atoms with Crippen molar-refractivity contribution in [3.63, 3.8) is 0 Å². The SMILES string of the molecule is O=S(=O)(NCCNc1nccc(-c2c(-c3ccc(F)cc3)nc3sccn23)n1)c1ccc(I)cc1. The lowest BCUT2D eigenvalue weighted by atomic mass is 10.1. The van der Waals surface area contributed by atoms with Crippen molar-refractivity contribution in [1.82, 2.24) is 24.1 Å². The molecule has 3 aromatic heterocycles. The van der Waals surface area contributed by atoms with Crippen LogP contribution in [0.15, 0.2) is 77.3 Å². The van der Waals surface area contributed by atoms with Gasteiger partial charge in [0, 0.05) is 40.0 Å². The van der Waals surface area contributed by atoms with Crippen molar-refractivity contribution in [2.45, 2.75) is 4.90 Å². The maximum absolute atomic E-state index is 13.5. The van der Waals surface area contributed by atoms with E-state index in [-0.39, 0.29) is 23.8 Å². The lowest BCUT2D eigenvalue weighted by molar-refractivity contribution is 0.583. The van der Waals surface area contributed by atoms with E-state index in [9.17, 15) is 12.8 Å². The standard InChI is InChI=1S/C23H18FIN6O2S2/c24-16-3-1-15(2-4-16)20-21(31-13-14-34-23(31)30-20)19-9-10-26-22(29-19)27-11-12-28-35(32,33)18-7-5-17(25)6-8-18/h1-10,13-14,28H,11-12H2,(H,26,27,29). The summed E-state index contributed by atoms with van der Waals surface area (Å²) >= 11 is 3.61. The van der Waals surface area contributed by atoms with Gasteiger partial charge in [-0.15, -0.1) is 11.3 Å². The highest BCUT2D eigenvalue weighted by molar-refractivity contribution is 14.1. The molecule has 0 fully saturated rings. The lowest BCUT2D eigenvalue weighted by Gasteiger charge is -2.09. The van der Waals surface area contributed by atoms with Crippen molar-refractivity contribution in [3.8, 4) is 22.6 Å². The van der Waals surface area contributed by atoms with Crippen molar-refractivity contribution in [3.05, 3.63) is 81.8 Å². The second-order valence-electron chi connectivity index (χ2n) is 7.42. The molecule has 8 nitrogen and oxygen atoms in total. The number of benzene rings is 2. The van der Waals surface area contributed by atoms with Gasteiger partial charge in [0.05, 0.1) is 16.3 Å². The number of imidazole rings is 1. The Bertz CT molecular complexity index is 1580. The topological polar surface area (TPSA) is 101 Å². The summed E-state index contributed by atoms with van der Waals surface area (Å²) < 4.78 is 43.8. The van der Waals surface area contributed by atoms with Crippen molar-refractivity contribution in [2.24, 2.45) is 0 Å². The predicted molar refractivity (Wildman–Crippen MR) is 142 cm³/mol. The largest absolute Gasteiger partial charge is 0.353 e. The third-order valence-electron chi connectivity index (χ3n) is 5.10. The zero-order valence-corrected chi connectivity index (χ0v) is 21.8. The zero-order valence-electron chi connectivity index (χ0n) is 18.0. The lowest BCUT2D eigenvalue weighted by Crippen LogP contribution is -2.29. The highest BCUT2D eigenvalue weighted by Gasteiger charge is 2.19. The molecule has 0 aliphatic carbocycles. The smallest absolute Gasteiger partial charge is 0.240 e. The van der Waals surface area contributed by atoms with E-state index in [1.54, 1.807) is 48.7 Å². The predicted octanol–water partition coefficient (Wildman–Crippen LogP) is 4.65. The second kappa shape index (κ2) is 9.97. The third kappa shape index (κ3) is 5.19. The summed E-state index contributed by atoms with van der Waals surface area (Å²) in [6.07, 6.45) is 3.53. The van der Waals surface area contributed by atoms with Crippen LogP contribution in [-0.2, 0) is 10.0 Å². The number of rotatable bonds is 8. The van der Waals surface area contributed by atoms with E-state index in [1.807, 2.05) is 16.0 Å². The molecule has 0 unspecified atom stereocenters. The van der Waals surface area contributed by atoms with Gasteiger partial charge in [0.2, 0.25) is 16.0 Å². The second-order valence-corrected chi connectivity index (χ2v) is 11.3. The third-order valence-corrected chi connectivity index (χ3v) is 8.05. The Labute approximate surface area is 218 Å². The van der Waals surface area contributed by atoms with Crippen LogP contribution >= 0.6 is 33.9 Å². The van der Waals surface area contributed by atoms with Gasteiger partial charge >= 0.3 is 0 Å². The molecule has 0 atom stereocenters. The molecule has 0 saturated carbocycles. The molecule has 178 valence electrons. The van der Waals surface area contributed by atoms with Gasteiger partial charge < -0.3 is 5.32 Å². The van der Waals surface area contributed by atoms with E-state index in [0.717, 1.165) is 19.8 Å². The van der Waals surface area contributed by atoms with Crippen molar-refractivity contribution in [2.75, 3.05) is 18.4 Å². The van der Waals surface area contributed by atoms with Crippen LogP contribution < -0.4 is 10.0 Å². The van der Waals surface area contributed by atoms with Crippen LogP contribution in [0, 0.1) is 9.39 Å². The minimum absolute atomic E-state index is 0.157. The molecule has 2 N–H and O–H groups in total. The molecule has 5 aromatic rings. The molecule has 0 radical (unpaired) electrons. The molecule has 3 heterocycles. The Morgan fingerprint density at radius 3 is 2.54 bits per heavy atom. The monoisotopic (exact) mass is 620 g/mol. The van der Waals surface area contributed by atoms with Crippen LogP contribution in [0.1, 0.15) is 0 Å². The number of thiazole rings is 1. The van der Waals surface area contributed by atoms with Crippen LogP contribution in [0.2, 0.25) is 0 Å². The van der Waals surface area contributed by atoms with Gasteiger partial charge in [0.15, 0.2) is 4.96 Å². The molecule has 0 aliphatic rings. The molecule has 0 spiro atoms. The molecule has 35 heavy (non-hydrogen) atoms. The Morgan fingerprint density at radius 2 is 1.77 bits per heavy atom. The quantitative estimate of drug-likeness (QED) is 0.194. The first-order chi connectivity index (χ1) is 16.9. The summed E-state index contributed by atoms with van der Waals surface area (Å²) in [5.41, 5.74) is 2.85. The molecular weight excluding hydrogens is 602 g/mol. The Balaban J connectivity index is 1.33. The van der Waals surface area contributed by atoms with E-state index < -0.39 is 10.0 Å². The first kappa shape index (κ1) is 23.8. The molecule has 5 rings (SSSR count). The summed E-state index contributed by atoms with van der Waals surface area (Å²) in [5.74, 6) is 0.0358. The Kier molecular flexibility index (Phi) is 6.77. The maximum atomic E-state index is 13.5. The number of hydrogen-bond donors (Lipinski definition) is 2. The van der Waals surface area contributed by atoms with Crippen LogP contribution in [0.3, 0.4) is 0 Å². The molecular formula is C23H18FIN6O2S2. The van der Waals surface area contributed by atoms with Crippen LogP contribution in [0.25, 0.3) is 27.6 Å². The average molecular weight is 620 g/mol. The van der Waals surface area contributed by atoms with E-state index in [1.165, 1.54) is 23.5 Å². The number of nitrogens with one attached hydrogen (secondary N) is 2. The summed E-state index contributed by atoms with van der Waals surface area (Å²) in [4.78, 5) is 14.6.